The molecule has 1 aromatic carbocycles. The molecule has 0 spiro atoms. The second kappa shape index (κ2) is 4.68. The van der Waals surface area contributed by atoms with E-state index in [1.807, 2.05) is 6.07 Å². The van der Waals surface area contributed by atoms with Crippen LogP contribution in [0.4, 0.5) is 0 Å². The first kappa shape index (κ1) is 9.82. The van der Waals surface area contributed by atoms with E-state index < -0.39 is 5.91 Å². The molecule has 2 N–H and O–H groups in total. The summed E-state index contributed by atoms with van der Waals surface area (Å²) in [7, 11) is 0. The molecule has 0 bridgehead atoms. The number of carbonyl (C=O) groups excluding carboxylic acids is 1. The van der Waals surface area contributed by atoms with Crippen molar-refractivity contribution < 1.29 is 4.79 Å². The van der Waals surface area contributed by atoms with Crippen LogP contribution in [0, 0.1) is 11.8 Å². The molecule has 0 saturated heterocycles. The number of hydrogen-bond acceptors (Lipinski definition) is 1. The van der Waals surface area contributed by atoms with Gasteiger partial charge < -0.3 is 5.73 Å². The number of amides is 1. The lowest BCUT2D eigenvalue weighted by molar-refractivity contribution is 0.100. The van der Waals surface area contributed by atoms with Crippen molar-refractivity contribution in [2.45, 2.75) is 0 Å². The van der Waals surface area contributed by atoms with Gasteiger partial charge >= 0.3 is 0 Å². The average Bonchev–Trinajstić information content (AvgIpc) is 2.15. The topological polar surface area (TPSA) is 43.1 Å². The Balaban J connectivity index is 2.98. The van der Waals surface area contributed by atoms with E-state index in [-0.39, 0.29) is 0 Å². The van der Waals surface area contributed by atoms with Gasteiger partial charge in [0.05, 0.1) is 5.33 Å². The highest BCUT2D eigenvalue weighted by molar-refractivity contribution is 9.09. The maximum absolute atomic E-state index is 10.8. The predicted molar refractivity (Wildman–Crippen MR) is 55.6 cm³/mol. The Bertz CT molecular complexity index is 376. The van der Waals surface area contributed by atoms with Crippen LogP contribution < -0.4 is 5.73 Å². The van der Waals surface area contributed by atoms with Crippen molar-refractivity contribution >= 4 is 21.8 Å². The van der Waals surface area contributed by atoms with Crippen LogP contribution in [0.5, 0.6) is 0 Å². The zero-order valence-electron chi connectivity index (χ0n) is 6.88. The second-order valence-corrected chi connectivity index (χ2v) is 2.94. The molecule has 3 heteroatoms. The van der Waals surface area contributed by atoms with Crippen LogP contribution >= 0.6 is 15.9 Å². The Hall–Kier alpha value is -1.27. The number of primary amides is 1. The quantitative estimate of drug-likeness (QED) is 0.585. The van der Waals surface area contributed by atoms with Crippen LogP contribution in [-0.4, -0.2) is 11.2 Å². The van der Waals surface area contributed by atoms with Crippen LogP contribution in [0.15, 0.2) is 24.3 Å². The minimum atomic E-state index is -0.428. The van der Waals surface area contributed by atoms with E-state index in [1.54, 1.807) is 18.2 Å². The molecule has 66 valence electrons. The molecule has 0 aromatic heterocycles. The van der Waals surface area contributed by atoms with Gasteiger partial charge in [0.25, 0.3) is 0 Å². The molecule has 0 aliphatic rings. The van der Waals surface area contributed by atoms with Gasteiger partial charge in [-0.15, -0.1) is 0 Å². The van der Waals surface area contributed by atoms with Gasteiger partial charge in [0, 0.05) is 11.1 Å². The van der Waals surface area contributed by atoms with Crippen molar-refractivity contribution in [3.63, 3.8) is 0 Å². The lowest BCUT2D eigenvalue weighted by Gasteiger charge is -1.94. The van der Waals surface area contributed by atoms with E-state index in [0.29, 0.717) is 10.9 Å². The zero-order valence-corrected chi connectivity index (χ0v) is 8.47. The second-order valence-electron chi connectivity index (χ2n) is 2.38. The van der Waals surface area contributed by atoms with Gasteiger partial charge in [0.15, 0.2) is 0 Å². The number of benzene rings is 1. The summed E-state index contributed by atoms with van der Waals surface area (Å²) in [4.78, 5) is 10.8. The molecule has 0 saturated carbocycles. The van der Waals surface area contributed by atoms with Gasteiger partial charge in [-0.05, 0) is 18.2 Å². The highest BCUT2D eigenvalue weighted by atomic mass is 79.9. The summed E-state index contributed by atoms with van der Waals surface area (Å²) in [6, 6.07) is 6.94. The summed E-state index contributed by atoms with van der Waals surface area (Å²) >= 11 is 3.19. The molecule has 1 aromatic rings. The van der Waals surface area contributed by atoms with Crippen LogP contribution in [-0.2, 0) is 0 Å². The fourth-order valence-electron chi connectivity index (χ4n) is 0.886. The third kappa shape index (κ3) is 2.92. The van der Waals surface area contributed by atoms with Crippen LogP contribution in [0.2, 0.25) is 0 Å². The summed E-state index contributed by atoms with van der Waals surface area (Å²) < 4.78 is 0. The van der Waals surface area contributed by atoms with Gasteiger partial charge in [-0.2, -0.15) is 0 Å². The normalized spacial score (nSPS) is 8.69. The third-order valence-corrected chi connectivity index (χ3v) is 1.73. The minimum Gasteiger partial charge on any atom is -0.366 e. The Morgan fingerprint density at radius 2 is 2.31 bits per heavy atom. The number of hydrogen-bond donors (Lipinski definition) is 1. The van der Waals surface area contributed by atoms with Crippen molar-refractivity contribution in [2.75, 3.05) is 5.33 Å². The molecule has 1 amide bonds. The summed E-state index contributed by atoms with van der Waals surface area (Å²) in [5, 5.41) is 0.619. The maximum atomic E-state index is 10.8. The minimum absolute atomic E-state index is 0.428. The molecule has 2 nitrogen and oxygen atoms in total. The van der Waals surface area contributed by atoms with Gasteiger partial charge in [0.2, 0.25) is 5.91 Å². The Labute approximate surface area is 85.3 Å². The van der Waals surface area contributed by atoms with E-state index in [4.69, 9.17) is 5.73 Å². The lowest BCUT2D eigenvalue weighted by atomic mass is 10.1. The summed E-state index contributed by atoms with van der Waals surface area (Å²) in [5.74, 6) is 5.30. The Morgan fingerprint density at radius 1 is 1.54 bits per heavy atom. The summed E-state index contributed by atoms with van der Waals surface area (Å²) in [6.07, 6.45) is 0. The number of carbonyl (C=O) groups is 1. The molecule has 13 heavy (non-hydrogen) atoms. The number of alkyl halides is 1. The largest absolute Gasteiger partial charge is 0.366 e. The fraction of sp³-hybridized carbons (Fsp3) is 0.100. The molecule has 0 aliphatic heterocycles. The van der Waals surface area contributed by atoms with Crippen molar-refractivity contribution in [3.8, 4) is 11.8 Å². The number of halogens is 1. The lowest BCUT2D eigenvalue weighted by Crippen LogP contribution is -2.10. The molecular weight excluding hydrogens is 230 g/mol. The van der Waals surface area contributed by atoms with E-state index in [2.05, 4.69) is 27.8 Å². The van der Waals surface area contributed by atoms with Crippen LogP contribution in [0.1, 0.15) is 15.9 Å². The van der Waals surface area contributed by atoms with Crippen LogP contribution in [0.3, 0.4) is 0 Å². The van der Waals surface area contributed by atoms with Gasteiger partial charge in [-0.1, -0.05) is 33.8 Å². The molecule has 0 radical (unpaired) electrons. The Kier molecular flexibility index (Phi) is 3.53. The van der Waals surface area contributed by atoms with E-state index in [9.17, 15) is 4.79 Å². The Morgan fingerprint density at radius 3 is 2.92 bits per heavy atom. The average molecular weight is 238 g/mol. The van der Waals surface area contributed by atoms with E-state index >= 15 is 0 Å². The maximum Gasteiger partial charge on any atom is 0.248 e. The van der Waals surface area contributed by atoms with Crippen molar-refractivity contribution in [1.29, 1.82) is 0 Å². The fourth-order valence-corrected chi connectivity index (χ4v) is 1.03. The highest BCUT2D eigenvalue weighted by Crippen LogP contribution is 2.02. The number of nitrogens with two attached hydrogens (primary N) is 1. The smallest absolute Gasteiger partial charge is 0.248 e. The van der Waals surface area contributed by atoms with Crippen molar-refractivity contribution in [2.24, 2.45) is 5.73 Å². The monoisotopic (exact) mass is 237 g/mol. The highest BCUT2D eigenvalue weighted by Gasteiger charge is 1.98. The molecule has 1 rings (SSSR count). The van der Waals surface area contributed by atoms with Crippen LogP contribution in [0.25, 0.3) is 0 Å². The third-order valence-electron chi connectivity index (χ3n) is 1.45. The van der Waals surface area contributed by atoms with Gasteiger partial charge in [-0.25, -0.2) is 0 Å². The van der Waals surface area contributed by atoms with Crippen molar-refractivity contribution in [3.05, 3.63) is 35.4 Å². The summed E-state index contributed by atoms with van der Waals surface area (Å²) in [6.45, 7) is 0. The SMILES string of the molecule is NC(=O)c1cccc(C#CCBr)c1. The predicted octanol–water partition coefficient (Wildman–Crippen LogP) is 1.53. The van der Waals surface area contributed by atoms with E-state index in [0.717, 1.165) is 5.56 Å². The first-order valence-corrected chi connectivity index (χ1v) is 4.81. The molecule has 0 unspecified atom stereocenters. The number of rotatable bonds is 1. The molecule has 0 heterocycles. The summed E-state index contributed by atoms with van der Waals surface area (Å²) in [5.41, 5.74) is 6.40. The van der Waals surface area contributed by atoms with Crippen molar-refractivity contribution in [1.82, 2.24) is 0 Å². The molecule has 0 fully saturated rings. The molecular formula is C10H8BrNO. The first-order valence-electron chi connectivity index (χ1n) is 3.68. The zero-order chi connectivity index (χ0) is 9.68. The molecule has 0 aliphatic carbocycles. The molecule has 0 atom stereocenters. The first-order chi connectivity index (χ1) is 6.24. The van der Waals surface area contributed by atoms with Gasteiger partial charge in [0.1, 0.15) is 0 Å². The van der Waals surface area contributed by atoms with E-state index in [1.165, 1.54) is 0 Å². The standard InChI is InChI=1S/C10H8BrNO/c11-6-2-4-8-3-1-5-9(7-8)10(12)13/h1,3,5,7H,6H2,(H2,12,13). The van der Waals surface area contributed by atoms with Gasteiger partial charge in [-0.3, -0.25) is 4.79 Å².